The molecule has 458 valence electrons. The third-order valence-electron chi connectivity index (χ3n) is 15.2. The molecule has 0 radical (unpaired) electrons. The molecule has 1 amide bonds. The first-order valence-corrected chi connectivity index (χ1v) is 32.7. The zero-order valence-corrected chi connectivity index (χ0v) is 50.7. The van der Waals surface area contributed by atoms with Crippen LogP contribution in [0.3, 0.4) is 0 Å². The largest absolute Gasteiger partial charge is 0.454 e. The van der Waals surface area contributed by atoms with Crippen LogP contribution in [0.25, 0.3) is 0 Å². The molecule has 0 aromatic rings. The first-order chi connectivity index (χ1) is 38.7. The van der Waals surface area contributed by atoms with Crippen LogP contribution in [-0.4, -0.2) is 99.6 Å². The lowest BCUT2D eigenvalue weighted by Gasteiger charge is -2.41. The molecule has 8 unspecified atom stereocenters. The summed E-state index contributed by atoms with van der Waals surface area (Å²) in [5, 5.41) is 57.0. The molecule has 1 aliphatic heterocycles. The molecule has 0 aliphatic carbocycles. The van der Waals surface area contributed by atoms with Crippen molar-refractivity contribution in [2.45, 2.75) is 333 Å². The second kappa shape index (κ2) is 55.6. The molecule has 11 heteroatoms. The van der Waals surface area contributed by atoms with Gasteiger partial charge in [0.15, 0.2) is 12.4 Å². The molecule has 0 aromatic heterocycles. The summed E-state index contributed by atoms with van der Waals surface area (Å²) in [6.07, 6.45) is 60.9. The van der Waals surface area contributed by atoms with Gasteiger partial charge in [-0.2, -0.15) is 0 Å². The Morgan fingerprint density at radius 3 is 1.48 bits per heavy atom. The Labute approximate surface area is 483 Å². The number of esters is 1. The van der Waals surface area contributed by atoms with Gasteiger partial charge in [0, 0.05) is 6.42 Å². The van der Waals surface area contributed by atoms with Crippen LogP contribution in [-0.2, 0) is 23.8 Å². The SMILES string of the molecule is CC/C=C/C=C/C=C\CCCCCCCC(=O)OC1C(OCC(NC(=O)C(O)CCCCCCCCCCCCCCCC/C=C\C/C=C\CCCCC)C(O)/C=C/CCCCCCCCCCCCC)OC(CO)C(O)C1O. The van der Waals surface area contributed by atoms with E-state index in [0.29, 0.717) is 12.8 Å². The van der Waals surface area contributed by atoms with E-state index >= 15 is 0 Å². The average molecular weight is 1110 g/mol. The molecule has 1 rings (SSSR count). The molecule has 0 bridgehead atoms. The molecule has 0 spiro atoms. The van der Waals surface area contributed by atoms with E-state index in [2.05, 4.69) is 68.6 Å². The second-order valence-electron chi connectivity index (χ2n) is 22.5. The number of ether oxygens (including phenoxy) is 3. The molecule has 1 fully saturated rings. The van der Waals surface area contributed by atoms with Crippen molar-refractivity contribution < 1.29 is 49.3 Å². The maximum atomic E-state index is 13.5. The number of carbonyl (C=O) groups excluding carboxylic acids is 2. The summed E-state index contributed by atoms with van der Waals surface area (Å²) in [6.45, 7) is 5.63. The van der Waals surface area contributed by atoms with Crippen molar-refractivity contribution in [3.63, 3.8) is 0 Å². The van der Waals surface area contributed by atoms with Crippen LogP contribution in [0, 0.1) is 0 Å². The zero-order chi connectivity index (χ0) is 57.5. The fourth-order valence-corrected chi connectivity index (χ4v) is 9.98. The van der Waals surface area contributed by atoms with Crippen LogP contribution in [0.5, 0.6) is 0 Å². The minimum Gasteiger partial charge on any atom is -0.454 e. The first kappa shape index (κ1) is 74.1. The zero-order valence-electron chi connectivity index (χ0n) is 50.7. The van der Waals surface area contributed by atoms with Crippen LogP contribution in [0.4, 0.5) is 0 Å². The summed E-state index contributed by atoms with van der Waals surface area (Å²) < 4.78 is 17.6. The van der Waals surface area contributed by atoms with Crippen LogP contribution < -0.4 is 5.32 Å². The Kier molecular flexibility index (Phi) is 52.2. The molecule has 0 saturated carbocycles. The number of nitrogens with one attached hydrogen (secondary N) is 1. The van der Waals surface area contributed by atoms with Crippen molar-refractivity contribution in [3.05, 3.63) is 72.9 Å². The van der Waals surface area contributed by atoms with E-state index in [1.807, 2.05) is 24.3 Å². The van der Waals surface area contributed by atoms with Crippen molar-refractivity contribution in [2.24, 2.45) is 0 Å². The molecule has 6 N–H and O–H groups in total. The van der Waals surface area contributed by atoms with Gasteiger partial charge in [-0.25, -0.2) is 0 Å². The number of aliphatic hydroxyl groups is 5. The Morgan fingerprint density at radius 1 is 0.519 bits per heavy atom. The molecule has 1 aliphatic rings. The topological polar surface area (TPSA) is 175 Å². The van der Waals surface area contributed by atoms with Gasteiger partial charge < -0.3 is 45.1 Å². The van der Waals surface area contributed by atoms with Crippen LogP contribution in [0.2, 0.25) is 0 Å². The summed E-state index contributed by atoms with van der Waals surface area (Å²) >= 11 is 0. The molecule has 11 nitrogen and oxygen atoms in total. The quantitative estimate of drug-likeness (QED) is 0.0149. The van der Waals surface area contributed by atoms with Gasteiger partial charge in [-0.15, -0.1) is 0 Å². The van der Waals surface area contributed by atoms with Crippen molar-refractivity contribution >= 4 is 11.9 Å². The maximum absolute atomic E-state index is 13.5. The van der Waals surface area contributed by atoms with Crippen molar-refractivity contribution in [3.8, 4) is 0 Å². The summed E-state index contributed by atoms with van der Waals surface area (Å²) in [6, 6.07) is -1.03. The molecule has 0 aromatic carbocycles. The van der Waals surface area contributed by atoms with Crippen molar-refractivity contribution in [1.82, 2.24) is 5.32 Å². The van der Waals surface area contributed by atoms with Crippen molar-refractivity contribution in [2.75, 3.05) is 13.2 Å². The van der Waals surface area contributed by atoms with E-state index in [0.717, 1.165) is 83.5 Å². The smallest absolute Gasteiger partial charge is 0.306 e. The van der Waals surface area contributed by atoms with Gasteiger partial charge in [-0.05, 0) is 77.0 Å². The van der Waals surface area contributed by atoms with E-state index in [-0.39, 0.29) is 19.4 Å². The average Bonchev–Trinajstić information content (AvgIpc) is 3.49. The van der Waals surface area contributed by atoms with Crippen LogP contribution in [0.15, 0.2) is 72.9 Å². The third kappa shape index (κ3) is 43.5. The Hall–Kier alpha value is -2.90. The summed E-state index contributed by atoms with van der Waals surface area (Å²) in [5.74, 6) is -1.21. The summed E-state index contributed by atoms with van der Waals surface area (Å²) in [7, 11) is 0. The maximum Gasteiger partial charge on any atom is 0.306 e. The molecule has 8 atom stereocenters. The molecule has 79 heavy (non-hydrogen) atoms. The number of carbonyl (C=O) groups is 2. The lowest BCUT2D eigenvalue weighted by molar-refractivity contribution is -0.305. The molecular weight excluding hydrogens is 991 g/mol. The van der Waals surface area contributed by atoms with E-state index in [1.54, 1.807) is 6.08 Å². The minimum atomic E-state index is -1.62. The van der Waals surface area contributed by atoms with Gasteiger partial charge in [-0.3, -0.25) is 9.59 Å². The van der Waals surface area contributed by atoms with Gasteiger partial charge in [0.05, 0.1) is 25.4 Å². The highest BCUT2D eigenvalue weighted by Gasteiger charge is 2.47. The number of allylic oxidation sites excluding steroid dienone is 11. The molecular formula is C68H121NO10. The van der Waals surface area contributed by atoms with Gasteiger partial charge in [-0.1, -0.05) is 273 Å². The highest BCUT2D eigenvalue weighted by atomic mass is 16.7. The fourth-order valence-electron chi connectivity index (χ4n) is 9.98. The van der Waals surface area contributed by atoms with E-state index in [4.69, 9.17) is 14.2 Å². The van der Waals surface area contributed by atoms with Gasteiger partial charge in [0.25, 0.3) is 0 Å². The second-order valence-corrected chi connectivity index (χ2v) is 22.5. The van der Waals surface area contributed by atoms with Crippen molar-refractivity contribution in [1.29, 1.82) is 0 Å². The first-order valence-electron chi connectivity index (χ1n) is 32.7. The van der Waals surface area contributed by atoms with Gasteiger partial charge >= 0.3 is 5.97 Å². The van der Waals surface area contributed by atoms with Gasteiger partial charge in [0.2, 0.25) is 5.91 Å². The Balaban J connectivity index is 2.61. The third-order valence-corrected chi connectivity index (χ3v) is 15.2. The normalized spacial score (nSPS) is 19.3. The van der Waals surface area contributed by atoms with Crippen LogP contribution in [0.1, 0.15) is 284 Å². The highest BCUT2D eigenvalue weighted by molar-refractivity contribution is 5.80. The van der Waals surface area contributed by atoms with Crippen LogP contribution >= 0.6 is 0 Å². The Morgan fingerprint density at radius 2 is 0.962 bits per heavy atom. The van der Waals surface area contributed by atoms with E-state index in [9.17, 15) is 35.1 Å². The Bertz CT molecular complexity index is 1560. The predicted octanol–water partition coefficient (Wildman–Crippen LogP) is 16.0. The number of unbranched alkanes of at least 4 members (excludes halogenated alkanes) is 33. The van der Waals surface area contributed by atoms with E-state index < -0.39 is 67.4 Å². The predicted molar refractivity (Wildman–Crippen MR) is 329 cm³/mol. The molecule has 1 saturated heterocycles. The lowest BCUT2D eigenvalue weighted by atomic mass is 9.99. The minimum absolute atomic E-state index is 0.0992. The monoisotopic (exact) mass is 1110 g/mol. The number of hydrogen-bond acceptors (Lipinski definition) is 10. The number of rotatable bonds is 55. The number of hydrogen-bond donors (Lipinski definition) is 6. The molecule has 1 heterocycles. The fraction of sp³-hybridized carbons (Fsp3) is 0.794. The van der Waals surface area contributed by atoms with Gasteiger partial charge in [0.1, 0.15) is 24.4 Å². The number of amides is 1. The lowest BCUT2D eigenvalue weighted by Crippen LogP contribution is -2.61. The number of aliphatic hydroxyl groups excluding tert-OH is 5. The summed E-state index contributed by atoms with van der Waals surface area (Å²) in [5.41, 5.74) is 0. The summed E-state index contributed by atoms with van der Waals surface area (Å²) in [4.78, 5) is 26.6. The van der Waals surface area contributed by atoms with E-state index in [1.165, 1.54) is 154 Å². The highest BCUT2D eigenvalue weighted by Crippen LogP contribution is 2.26. The standard InChI is InChI=1S/C68H121NO10/c1-4-7-10-13-16-19-22-25-26-27-28-29-30-31-32-33-34-35-38-40-43-46-49-52-55-61(72)67(76)69-59(60(71)54-51-48-45-42-39-36-23-20-17-14-11-8-5-2)58-77-68-66(65(75)64(74)62(57-70)78-68)79-63(73)56-53-50-47-44-41-37-24-21-18-15-12-9-6-3/h9,12,15-16,18-19,21,24-26,51,54,59-62,64-66,68,70-72,74-75H,4-8,10-11,13-14,17,20,22-23,27-50,52-53,55-58H2,1-3H3,(H,69,76)/b12-9+,18-15+,19-16-,24-21-,26-25-,54-51+.